The minimum Gasteiger partial charge on any atom is -0.496 e. The lowest BCUT2D eigenvalue weighted by Gasteiger charge is -2.22. The molecule has 0 bridgehead atoms. The first-order valence-corrected chi connectivity index (χ1v) is 8.45. The van der Waals surface area contributed by atoms with Crippen LogP contribution in [-0.2, 0) is 14.3 Å². The average Bonchev–Trinajstić information content (AvgIpc) is 2.61. The fourth-order valence-corrected chi connectivity index (χ4v) is 3.14. The summed E-state index contributed by atoms with van der Waals surface area (Å²) in [5, 5.41) is 0. The SMILES string of the molecule is COCOc1c(Br)cccc1[C@@H](C(=O)OC)c1cc(C)ccc1OC. The molecule has 0 unspecified atom stereocenters. The number of carbonyl (C=O) groups excluding carboxylic acids is 1. The van der Waals surface area contributed by atoms with E-state index in [0.717, 1.165) is 15.6 Å². The molecule has 6 heteroatoms. The Bertz CT molecular complexity index is 745. The summed E-state index contributed by atoms with van der Waals surface area (Å²) in [4.78, 5) is 12.6. The molecule has 0 aliphatic carbocycles. The van der Waals surface area contributed by atoms with Crippen LogP contribution in [0.4, 0.5) is 0 Å². The van der Waals surface area contributed by atoms with E-state index in [2.05, 4.69) is 15.9 Å². The van der Waals surface area contributed by atoms with Gasteiger partial charge in [-0.2, -0.15) is 0 Å². The van der Waals surface area contributed by atoms with Gasteiger partial charge >= 0.3 is 5.97 Å². The minimum absolute atomic E-state index is 0.0639. The Morgan fingerprint density at radius 1 is 1.12 bits per heavy atom. The smallest absolute Gasteiger partial charge is 0.317 e. The minimum atomic E-state index is -0.691. The molecule has 0 saturated heterocycles. The molecule has 0 aliphatic heterocycles. The second-order valence-corrected chi connectivity index (χ2v) is 6.26. The van der Waals surface area contributed by atoms with Gasteiger partial charge in [-0.1, -0.05) is 29.8 Å². The van der Waals surface area contributed by atoms with Crippen molar-refractivity contribution in [3.8, 4) is 11.5 Å². The van der Waals surface area contributed by atoms with Crippen molar-refractivity contribution in [1.29, 1.82) is 0 Å². The monoisotopic (exact) mass is 408 g/mol. The van der Waals surface area contributed by atoms with Crippen LogP contribution in [0.2, 0.25) is 0 Å². The number of aryl methyl sites for hydroxylation is 1. The van der Waals surface area contributed by atoms with E-state index in [0.29, 0.717) is 17.1 Å². The summed E-state index contributed by atoms with van der Waals surface area (Å²) < 4.78 is 22.0. The van der Waals surface area contributed by atoms with E-state index in [1.165, 1.54) is 14.2 Å². The number of esters is 1. The van der Waals surface area contributed by atoms with Crippen LogP contribution in [0, 0.1) is 6.92 Å². The summed E-state index contributed by atoms with van der Waals surface area (Å²) in [6, 6.07) is 11.2. The zero-order chi connectivity index (χ0) is 18.4. The summed E-state index contributed by atoms with van der Waals surface area (Å²) in [6.45, 7) is 2.02. The zero-order valence-corrected chi connectivity index (χ0v) is 16.3. The number of benzene rings is 2. The third kappa shape index (κ3) is 4.32. The second kappa shape index (κ2) is 8.87. The van der Waals surface area contributed by atoms with Crippen LogP contribution in [0.15, 0.2) is 40.9 Å². The molecule has 134 valence electrons. The molecule has 2 aromatic rings. The maximum Gasteiger partial charge on any atom is 0.317 e. The highest BCUT2D eigenvalue weighted by molar-refractivity contribution is 9.10. The third-order valence-corrected chi connectivity index (χ3v) is 4.39. The molecule has 0 radical (unpaired) electrons. The number of methoxy groups -OCH3 is 3. The molecule has 0 aromatic heterocycles. The number of hydrogen-bond acceptors (Lipinski definition) is 5. The van der Waals surface area contributed by atoms with Gasteiger partial charge in [-0.3, -0.25) is 4.79 Å². The lowest BCUT2D eigenvalue weighted by molar-refractivity contribution is -0.141. The van der Waals surface area contributed by atoms with Gasteiger partial charge in [-0.25, -0.2) is 0 Å². The number of hydrogen-bond donors (Lipinski definition) is 0. The van der Waals surface area contributed by atoms with Crippen molar-refractivity contribution >= 4 is 21.9 Å². The van der Waals surface area contributed by atoms with E-state index in [4.69, 9.17) is 18.9 Å². The Morgan fingerprint density at radius 2 is 1.88 bits per heavy atom. The van der Waals surface area contributed by atoms with Crippen LogP contribution in [0.3, 0.4) is 0 Å². The van der Waals surface area contributed by atoms with Crippen LogP contribution in [-0.4, -0.2) is 34.1 Å². The average molecular weight is 409 g/mol. The molecule has 2 rings (SSSR count). The molecule has 0 heterocycles. The zero-order valence-electron chi connectivity index (χ0n) is 14.7. The maximum atomic E-state index is 12.6. The Morgan fingerprint density at radius 3 is 2.52 bits per heavy atom. The van der Waals surface area contributed by atoms with Gasteiger partial charge in [0.15, 0.2) is 6.79 Å². The Hall–Kier alpha value is -2.05. The summed E-state index contributed by atoms with van der Waals surface area (Å²) in [6.07, 6.45) is 0. The molecule has 1 atom stereocenters. The highest BCUT2D eigenvalue weighted by Crippen LogP contribution is 2.41. The fraction of sp³-hybridized carbons (Fsp3) is 0.316. The quantitative estimate of drug-likeness (QED) is 0.510. The predicted octanol–water partition coefficient (Wildman–Crippen LogP) is 4.05. The van der Waals surface area contributed by atoms with Crippen LogP contribution in [0.5, 0.6) is 11.5 Å². The molecule has 25 heavy (non-hydrogen) atoms. The summed E-state index contributed by atoms with van der Waals surface area (Å²) in [5.41, 5.74) is 2.40. The molecule has 5 nitrogen and oxygen atoms in total. The summed E-state index contributed by atoms with van der Waals surface area (Å²) >= 11 is 3.48. The van der Waals surface area contributed by atoms with Gasteiger partial charge in [0.05, 0.1) is 18.7 Å². The summed E-state index contributed by atoms with van der Waals surface area (Å²) in [7, 11) is 4.48. The maximum absolute atomic E-state index is 12.6. The molecular formula is C19H21BrO5. The van der Waals surface area contributed by atoms with Crippen molar-refractivity contribution in [2.75, 3.05) is 28.1 Å². The standard InChI is InChI=1S/C19H21BrO5/c1-12-8-9-16(23-3)14(10-12)17(19(21)24-4)13-6-5-7-15(20)18(13)25-11-22-2/h5-10,17H,11H2,1-4H3/t17-/m1/s1. The van der Waals surface area contributed by atoms with Crippen molar-refractivity contribution in [3.63, 3.8) is 0 Å². The molecule has 0 aliphatic rings. The number of carbonyl (C=O) groups is 1. The van der Waals surface area contributed by atoms with E-state index < -0.39 is 11.9 Å². The number of rotatable bonds is 7. The third-order valence-electron chi connectivity index (χ3n) is 3.76. The van der Waals surface area contributed by atoms with Gasteiger partial charge in [0.2, 0.25) is 0 Å². The number of ether oxygens (including phenoxy) is 4. The first kappa shape index (κ1) is 19.3. The Kier molecular flexibility index (Phi) is 6.84. The first-order chi connectivity index (χ1) is 12.0. The van der Waals surface area contributed by atoms with E-state index in [9.17, 15) is 4.79 Å². The Balaban J connectivity index is 2.66. The van der Waals surface area contributed by atoms with Crippen LogP contribution in [0.1, 0.15) is 22.6 Å². The van der Waals surface area contributed by atoms with Crippen LogP contribution >= 0.6 is 15.9 Å². The van der Waals surface area contributed by atoms with E-state index in [-0.39, 0.29) is 6.79 Å². The van der Waals surface area contributed by atoms with Gasteiger partial charge in [-0.05, 0) is 35.0 Å². The highest BCUT2D eigenvalue weighted by Gasteiger charge is 2.30. The highest BCUT2D eigenvalue weighted by atomic mass is 79.9. The second-order valence-electron chi connectivity index (χ2n) is 5.41. The van der Waals surface area contributed by atoms with Crippen molar-refractivity contribution in [1.82, 2.24) is 0 Å². The molecule has 0 fully saturated rings. The molecule has 0 amide bonds. The molecule has 0 saturated carbocycles. The van der Waals surface area contributed by atoms with Crippen LogP contribution in [0.25, 0.3) is 0 Å². The van der Waals surface area contributed by atoms with Crippen molar-refractivity contribution in [2.45, 2.75) is 12.8 Å². The van der Waals surface area contributed by atoms with Gasteiger partial charge in [0.25, 0.3) is 0 Å². The predicted molar refractivity (Wildman–Crippen MR) is 98.2 cm³/mol. The normalized spacial score (nSPS) is 11.7. The van der Waals surface area contributed by atoms with Gasteiger partial charge in [0.1, 0.15) is 17.4 Å². The molecular weight excluding hydrogens is 388 g/mol. The molecule has 0 N–H and O–H groups in total. The van der Waals surface area contributed by atoms with Crippen molar-refractivity contribution in [3.05, 3.63) is 57.6 Å². The number of halogens is 1. The lowest BCUT2D eigenvalue weighted by atomic mass is 9.89. The topological polar surface area (TPSA) is 54.0 Å². The largest absolute Gasteiger partial charge is 0.496 e. The lowest BCUT2D eigenvalue weighted by Crippen LogP contribution is -2.18. The molecule has 0 spiro atoms. The van der Waals surface area contributed by atoms with E-state index in [1.807, 2.05) is 43.3 Å². The van der Waals surface area contributed by atoms with Gasteiger partial charge < -0.3 is 18.9 Å². The molecule has 2 aromatic carbocycles. The van der Waals surface area contributed by atoms with E-state index >= 15 is 0 Å². The van der Waals surface area contributed by atoms with Gasteiger partial charge in [0, 0.05) is 18.2 Å². The van der Waals surface area contributed by atoms with Crippen molar-refractivity contribution < 1.29 is 23.7 Å². The van der Waals surface area contributed by atoms with Gasteiger partial charge in [-0.15, -0.1) is 0 Å². The van der Waals surface area contributed by atoms with E-state index in [1.54, 1.807) is 7.11 Å². The summed E-state index contributed by atoms with van der Waals surface area (Å²) in [5.74, 6) is 0.0513. The first-order valence-electron chi connectivity index (χ1n) is 7.66. The Labute approximate surface area is 156 Å². The fourth-order valence-electron chi connectivity index (χ4n) is 2.64. The van der Waals surface area contributed by atoms with Crippen molar-refractivity contribution in [2.24, 2.45) is 0 Å². The van der Waals surface area contributed by atoms with Crippen LogP contribution < -0.4 is 9.47 Å². The number of para-hydroxylation sites is 1.